The Balaban J connectivity index is 2.23. The van der Waals surface area contributed by atoms with Crippen LogP contribution in [0.5, 0.6) is 0 Å². The minimum absolute atomic E-state index is 0.0563. The Morgan fingerprint density at radius 1 is 1.29 bits per heavy atom. The molecule has 2 rings (SSSR count). The predicted molar refractivity (Wildman–Crippen MR) is 65.0 cm³/mol. The van der Waals surface area contributed by atoms with E-state index in [1.165, 1.54) is 12.1 Å². The number of hydrogen-bond acceptors (Lipinski definition) is 3. The number of halogens is 1. The molecule has 1 aliphatic rings. The first-order valence-electron chi connectivity index (χ1n) is 5.68. The largest absolute Gasteiger partial charge is 0.330 e. The average molecular weight is 257 g/mol. The van der Waals surface area contributed by atoms with Crippen LogP contribution in [-0.4, -0.2) is 26.5 Å². The van der Waals surface area contributed by atoms with Gasteiger partial charge in [0.2, 0.25) is 0 Å². The van der Waals surface area contributed by atoms with Gasteiger partial charge < -0.3 is 5.73 Å². The van der Waals surface area contributed by atoms with E-state index in [2.05, 4.69) is 0 Å². The third-order valence-electron chi connectivity index (χ3n) is 3.38. The lowest BCUT2D eigenvalue weighted by Crippen LogP contribution is -2.35. The van der Waals surface area contributed by atoms with Crippen LogP contribution in [0.4, 0.5) is 4.39 Å². The molecule has 1 saturated heterocycles. The van der Waals surface area contributed by atoms with Crippen molar-refractivity contribution in [2.45, 2.75) is 12.3 Å². The lowest BCUT2D eigenvalue weighted by atomic mass is 9.85. The zero-order chi connectivity index (χ0) is 12.5. The molecule has 0 radical (unpaired) electrons. The van der Waals surface area contributed by atoms with Crippen molar-refractivity contribution in [1.82, 2.24) is 0 Å². The van der Waals surface area contributed by atoms with Gasteiger partial charge >= 0.3 is 0 Å². The van der Waals surface area contributed by atoms with Crippen LogP contribution in [0.25, 0.3) is 0 Å². The van der Waals surface area contributed by atoms with Gasteiger partial charge in [0.1, 0.15) is 5.82 Å². The van der Waals surface area contributed by atoms with Gasteiger partial charge in [-0.15, -0.1) is 0 Å². The fourth-order valence-corrected chi connectivity index (χ4v) is 4.25. The lowest BCUT2D eigenvalue weighted by Gasteiger charge is -2.30. The minimum atomic E-state index is -2.95. The topological polar surface area (TPSA) is 60.2 Å². The molecule has 17 heavy (non-hydrogen) atoms. The van der Waals surface area contributed by atoms with Crippen LogP contribution in [-0.2, 0) is 9.84 Å². The zero-order valence-electron chi connectivity index (χ0n) is 9.47. The molecule has 0 aliphatic carbocycles. The maximum atomic E-state index is 12.8. The van der Waals surface area contributed by atoms with Crippen LogP contribution in [0, 0.1) is 11.7 Å². The summed E-state index contributed by atoms with van der Waals surface area (Å²) in [4.78, 5) is 0. The summed E-state index contributed by atoms with van der Waals surface area (Å²) >= 11 is 0. The van der Waals surface area contributed by atoms with Gasteiger partial charge in [0.15, 0.2) is 9.84 Å². The van der Waals surface area contributed by atoms with Crippen molar-refractivity contribution >= 4 is 9.84 Å². The predicted octanol–water partition coefficient (Wildman–Crippen LogP) is 1.30. The number of nitrogens with two attached hydrogens (primary N) is 1. The maximum Gasteiger partial charge on any atom is 0.150 e. The van der Waals surface area contributed by atoms with Gasteiger partial charge in [-0.3, -0.25) is 0 Å². The van der Waals surface area contributed by atoms with E-state index in [0.717, 1.165) is 5.56 Å². The molecule has 0 bridgehead atoms. The lowest BCUT2D eigenvalue weighted by molar-refractivity contribution is 0.431. The van der Waals surface area contributed by atoms with Gasteiger partial charge in [-0.05, 0) is 42.5 Å². The Labute approximate surface area is 101 Å². The first-order chi connectivity index (χ1) is 8.02. The number of sulfone groups is 1. The van der Waals surface area contributed by atoms with E-state index >= 15 is 0 Å². The van der Waals surface area contributed by atoms with Crippen LogP contribution in [0.15, 0.2) is 24.3 Å². The minimum Gasteiger partial charge on any atom is -0.330 e. The SMILES string of the molecule is NCC1CS(=O)(=O)CCC1c1ccc(F)cc1. The summed E-state index contributed by atoms with van der Waals surface area (Å²) in [5.74, 6) is 0.140. The summed E-state index contributed by atoms with van der Waals surface area (Å²) < 4.78 is 35.9. The highest BCUT2D eigenvalue weighted by Crippen LogP contribution is 2.33. The average Bonchev–Trinajstić information content (AvgIpc) is 2.29. The second kappa shape index (κ2) is 4.74. The number of benzene rings is 1. The van der Waals surface area contributed by atoms with Gasteiger partial charge in [0.25, 0.3) is 0 Å². The third kappa shape index (κ3) is 2.84. The Morgan fingerprint density at radius 2 is 1.94 bits per heavy atom. The molecule has 1 heterocycles. The molecule has 1 aromatic rings. The summed E-state index contributed by atoms with van der Waals surface area (Å²) in [6, 6.07) is 6.26. The fourth-order valence-electron chi connectivity index (χ4n) is 2.45. The third-order valence-corrected chi connectivity index (χ3v) is 5.17. The van der Waals surface area contributed by atoms with Crippen LogP contribution < -0.4 is 5.73 Å². The molecule has 1 fully saturated rings. The highest BCUT2D eigenvalue weighted by molar-refractivity contribution is 7.91. The number of rotatable bonds is 2. The van der Waals surface area contributed by atoms with Gasteiger partial charge in [-0.25, -0.2) is 12.8 Å². The van der Waals surface area contributed by atoms with Crippen molar-refractivity contribution in [1.29, 1.82) is 0 Å². The molecule has 1 aromatic carbocycles. The number of hydrogen-bond donors (Lipinski definition) is 1. The van der Waals surface area contributed by atoms with Crippen molar-refractivity contribution in [2.75, 3.05) is 18.1 Å². The monoisotopic (exact) mass is 257 g/mol. The summed E-state index contributed by atoms with van der Waals surface area (Å²) in [6.07, 6.45) is 0.579. The molecule has 3 nitrogen and oxygen atoms in total. The molecular formula is C12H16FNO2S. The molecule has 0 saturated carbocycles. The van der Waals surface area contributed by atoms with Crippen LogP contribution in [0.2, 0.25) is 0 Å². The Hall–Kier alpha value is -0.940. The molecule has 2 unspecified atom stereocenters. The van der Waals surface area contributed by atoms with E-state index in [9.17, 15) is 12.8 Å². The summed E-state index contributed by atoms with van der Waals surface area (Å²) in [5.41, 5.74) is 6.63. The highest BCUT2D eigenvalue weighted by Gasteiger charge is 2.32. The van der Waals surface area contributed by atoms with Crippen molar-refractivity contribution in [3.63, 3.8) is 0 Å². The summed E-state index contributed by atoms with van der Waals surface area (Å²) in [5, 5.41) is 0. The Morgan fingerprint density at radius 3 is 2.53 bits per heavy atom. The van der Waals surface area contributed by atoms with E-state index in [4.69, 9.17) is 5.73 Å². The standard InChI is InChI=1S/C12H16FNO2S/c13-11-3-1-9(2-4-11)12-5-6-17(15,16)8-10(12)7-14/h1-4,10,12H,5-8,14H2. The van der Waals surface area contributed by atoms with Crippen molar-refractivity contribution in [3.05, 3.63) is 35.6 Å². The molecule has 2 N–H and O–H groups in total. The molecule has 94 valence electrons. The van der Waals surface area contributed by atoms with Gasteiger partial charge in [0, 0.05) is 0 Å². The smallest absolute Gasteiger partial charge is 0.150 e. The van der Waals surface area contributed by atoms with Crippen molar-refractivity contribution in [2.24, 2.45) is 11.7 Å². The van der Waals surface area contributed by atoms with E-state index in [1.807, 2.05) is 0 Å². The second-order valence-corrected chi connectivity index (χ2v) is 6.79. The molecule has 0 spiro atoms. The Kier molecular flexibility index (Phi) is 3.49. The van der Waals surface area contributed by atoms with E-state index in [-0.39, 0.29) is 29.2 Å². The van der Waals surface area contributed by atoms with Gasteiger partial charge in [0.05, 0.1) is 11.5 Å². The molecule has 5 heteroatoms. The van der Waals surface area contributed by atoms with E-state index in [1.54, 1.807) is 12.1 Å². The van der Waals surface area contributed by atoms with Crippen molar-refractivity contribution < 1.29 is 12.8 Å². The molecule has 0 amide bonds. The van der Waals surface area contributed by atoms with E-state index in [0.29, 0.717) is 13.0 Å². The molecule has 1 aliphatic heterocycles. The van der Waals surface area contributed by atoms with E-state index < -0.39 is 9.84 Å². The second-order valence-electron chi connectivity index (χ2n) is 4.56. The van der Waals surface area contributed by atoms with Gasteiger partial charge in [-0.1, -0.05) is 12.1 Å². The van der Waals surface area contributed by atoms with Gasteiger partial charge in [-0.2, -0.15) is 0 Å². The van der Waals surface area contributed by atoms with Crippen LogP contribution in [0.1, 0.15) is 17.9 Å². The zero-order valence-corrected chi connectivity index (χ0v) is 10.3. The molecule has 0 aromatic heterocycles. The van der Waals surface area contributed by atoms with Crippen molar-refractivity contribution in [3.8, 4) is 0 Å². The fraction of sp³-hybridized carbons (Fsp3) is 0.500. The maximum absolute atomic E-state index is 12.8. The molecule has 2 atom stereocenters. The highest BCUT2D eigenvalue weighted by atomic mass is 32.2. The first kappa shape index (κ1) is 12.5. The molecular weight excluding hydrogens is 241 g/mol. The normalized spacial score (nSPS) is 27.9. The quantitative estimate of drug-likeness (QED) is 0.868. The van der Waals surface area contributed by atoms with Crippen LogP contribution >= 0.6 is 0 Å². The summed E-state index contributed by atoms with van der Waals surface area (Å²) in [6.45, 7) is 0.348. The Bertz CT molecular complexity index is 484. The summed E-state index contributed by atoms with van der Waals surface area (Å²) in [7, 11) is -2.95. The first-order valence-corrected chi connectivity index (χ1v) is 7.50. The van der Waals surface area contributed by atoms with Crippen LogP contribution in [0.3, 0.4) is 0 Å².